The first-order valence-electron chi connectivity index (χ1n) is 11.8. The van der Waals surface area contributed by atoms with Crippen LogP contribution in [0.4, 0.5) is 0 Å². The molecule has 1 unspecified atom stereocenters. The molecular formula is C28H33N5O3. The van der Waals surface area contributed by atoms with Gasteiger partial charge >= 0.3 is 0 Å². The molecule has 0 spiro atoms. The third kappa shape index (κ3) is 6.70. The van der Waals surface area contributed by atoms with Gasteiger partial charge in [0, 0.05) is 18.7 Å². The SMILES string of the molecule is C[C@H](C(=O)NCc1ccc(C(=N)N)cc1)C(CCc1ccccc1)(NCc1ccc(O)cc1)C(N)=O. The Labute approximate surface area is 211 Å². The molecule has 8 heteroatoms. The molecule has 0 heterocycles. The number of phenolic OH excluding ortho intramolecular Hbond substituents is 1. The van der Waals surface area contributed by atoms with Crippen molar-refractivity contribution in [3.63, 3.8) is 0 Å². The van der Waals surface area contributed by atoms with Gasteiger partial charge in [0.15, 0.2) is 0 Å². The highest BCUT2D eigenvalue weighted by atomic mass is 16.3. The topological polar surface area (TPSA) is 154 Å². The third-order valence-corrected chi connectivity index (χ3v) is 6.50. The first-order valence-corrected chi connectivity index (χ1v) is 11.8. The van der Waals surface area contributed by atoms with Crippen LogP contribution in [0, 0.1) is 11.3 Å². The molecule has 0 saturated carbocycles. The maximum Gasteiger partial charge on any atom is 0.238 e. The molecule has 8 N–H and O–H groups in total. The van der Waals surface area contributed by atoms with E-state index in [1.807, 2.05) is 30.3 Å². The normalized spacial score (nSPS) is 13.4. The van der Waals surface area contributed by atoms with Gasteiger partial charge in [-0.05, 0) is 41.7 Å². The highest BCUT2D eigenvalue weighted by Crippen LogP contribution is 2.26. The number of amidine groups is 1. The van der Waals surface area contributed by atoms with Gasteiger partial charge in [0.1, 0.15) is 17.1 Å². The summed E-state index contributed by atoms with van der Waals surface area (Å²) in [5.74, 6) is -1.56. The van der Waals surface area contributed by atoms with E-state index in [0.717, 1.165) is 16.7 Å². The van der Waals surface area contributed by atoms with Crippen molar-refractivity contribution in [1.29, 1.82) is 5.41 Å². The van der Waals surface area contributed by atoms with E-state index in [9.17, 15) is 14.7 Å². The van der Waals surface area contributed by atoms with E-state index in [1.165, 1.54) is 0 Å². The molecule has 0 bridgehead atoms. The van der Waals surface area contributed by atoms with Crippen molar-refractivity contribution in [3.05, 3.63) is 101 Å². The predicted octanol–water partition coefficient (Wildman–Crippen LogP) is 2.58. The van der Waals surface area contributed by atoms with Gasteiger partial charge in [-0.15, -0.1) is 0 Å². The van der Waals surface area contributed by atoms with Crippen LogP contribution in [0.3, 0.4) is 0 Å². The second-order valence-electron chi connectivity index (χ2n) is 8.89. The molecule has 36 heavy (non-hydrogen) atoms. The number of nitrogens with one attached hydrogen (secondary N) is 3. The largest absolute Gasteiger partial charge is 0.508 e. The zero-order valence-electron chi connectivity index (χ0n) is 20.3. The number of aryl methyl sites for hydroxylation is 1. The van der Waals surface area contributed by atoms with Crippen molar-refractivity contribution in [1.82, 2.24) is 10.6 Å². The zero-order valence-corrected chi connectivity index (χ0v) is 20.3. The first-order chi connectivity index (χ1) is 17.2. The fraction of sp³-hybridized carbons (Fsp3) is 0.250. The van der Waals surface area contributed by atoms with Crippen molar-refractivity contribution in [2.45, 2.75) is 38.4 Å². The number of hydrogen-bond acceptors (Lipinski definition) is 5. The third-order valence-electron chi connectivity index (χ3n) is 6.50. The number of phenols is 1. The average molecular weight is 488 g/mol. The van der Waals surface area contributed by atoms with Crippen LogP contribution in [-0.2, 0) is 29.1 Å². The van der Waals surface area contributed by atoms with E-state index in [1.54, 1.807) is 55.5 Å². The molecular weight excluding hydrogens is 454 g/mol. The number of nitrogen functional groups attached to an aromatic ring is 1. The van der Waals surface area contributed by atoms with Crippen LogP contribution in [0.25, 0.3) is 0 Å². The number of benzene rings is 3. The Morgan fingerprint density at radius 2 is 1.47 bits per heavy atom. The molecule has 2 atom stereocenters. The summed E-state index contributed by atoms with van der Waals surface area (Å²) < 4.78 is 0. The van der Waals surface area contributed by atoms with Gasteiger partial charge in [0.05, 0.1) is 5.92 Å². The minimum Gasteiger partial charge on any atom is -0.508 e. The van der Waals surface area contributed by atoms with Gasteiger partial charge in [0.25, 0.3) is 0 Å². The van der Waals surface area contributed by atoms with Gasteiger partial charge in [-0.1, -0.05) is 73.7 Å². The number of amides is 2. The summed E-state index contributed by atoms with van der Waals surface area (Å²) in [6, 6.07) is 23.4. The van der Waals surface area contributed by atoms with Crippen molar-refractivity contribution in [2.24, 2.45) is 17.4 Å². The molecule has 2 amide bonds. The molecule has 3 aromatic rings. The lowest BCUT2D eigenvalue weighted by Crippen LogP contribution is -2.62. The molecule has 0 aromatic heterocycles. The number of carbonyl (C=O) groups is 2. The Hall–Kier alpha value is -4.17. The minimum absolute atomic E-state index is 0.0245. The van der Waals surface area contributed by atoms with Crippen LogP contribution >= 0.6 is 0 Å². The van der Waals surface area contributed by atoms with Crippen LogP contribution in [0.15, 0.2) is 78.9 Å². The lowest BCUT2D eigenvalue weighted by atomic mass is 9.78. The van der Waals surface area contributed by atoms with Crippen LogP contribution < -0.4 is 22.1 Å². The summed E-state index contributed by atoms with van der Waals surface area (Å²) in [5.41, 5.74) is 13.5. The Bertz CT molecular complexity index is 1180. The first kappa shape index (κ1) is 26.4. The molecule has 0 aliphatic heterocycles. The van der Waals surface area contributed by atoms with Gasteiger partial charge < -0.3 is 21.9 Å². The van der Waals surface area contributed by atoms with E-state index < -0.39 is 17.4 Å². The van der Waals surface area contributed by atoms with Crippen LogP contribution in [-0.4, -0.2) is 28.3 Å². The zero-order chi connectivity index (χ0) is 26.1. The number of carbonyl (C=O) groups excluding carboxylic acids is 2. The van der Waals surface area contributed by atoms with E-state index in [0.29, 0.717) is 24.9 Å². The molecule has 0 aliphatic carbocycles. The summed E-state index contributed by atoms with van der Waals surface area (Å²) >= 11 is 0. The monoisotopic (exact) mass is 487 g/mol. The maximum absolute atomic E-state index is 13.3. The van der Waals surface area contributed by atoms with E-state index in [2.05, 4.69) is 10.6 Å². The summed E-state index contributed by atoms with van der Waals surface area (Å²) in [6.45, 7) is 2.25. The van der Waals surface area contributed by atoms with Crippen LogP contribution in [0.5, 0.6) is 5.75 Å². The minimum atomic E-state index is -1.31. The van der Waals surface area contributed by atoms with Crippen molar-refractivity contribution >= 4 is 17.6 Å². The Balaban J connectivity index is 1.79. The average Bonchev–Trinajstić information content (AvgIpc) is 2.88. The van der Waals surface area contributed by atoms with Crippen LogP contribution in [0.2, 0.25) is 0 Å². The smallest absolute Gasteiger partial charge is 0.238 e. The standard InChI is InChI=1S/C28H33N5O3/c1-19(26(35)32-17-21-7-11-23(12-8-21)25(29)30)28(27(31)36,16-15-20-5-3-2-4-6-20)33-18-22-9-13-24(34)14-10-22/h2-14,19,33-34H,15-18H2,1H3,(H3,29,30)(H2,31,36)(H,32,35)/t19-,28?/m1/s1. The molecule has 3 rings (SSSR count). The van der Waals surface area contributed by atoms with Crippen molar-refractivity contribution in [3.8, 4) is 5.75 Å². The highest BCUT2D eigenvalue weighted by molar-refractivity contribution is 5.95. The Kier molecular flexibility index (Phi) is 8.81. The molecule has 0 saturated heterocycles. The molecule has 188 valence electrons. The van der Waals surface area contributed by atoms with Gasteiger partial charge in [0.2, 0.25) is 11.8 Å². The molecule has 0 radical (unpaired) electrons. The second-order valence-corrected chi connectivity index (χ2v) is 8.89. The predicted molar refractivity (Wildman–Crippen MR) is 140 cm³/mol. The van der Waals surface area contributed by atoms with E-state index >= 15 is 0 Å². The number of hydrogen-bond donors (Lipinski definition) is 6. The lowest BCUT2D eigenvalue weighted by Gasteiger charge is -2.37. The molecule has 3 aromatic carbocycles. The van der Waals surface area contributed by atoms with Gasteiger partial charge in [-0.25, -0.2) is 0 Å². The molecule has 0 fully saturated rings. The molecule has 8 nitrogen and oxygen atoms in total. The second kappa shape index (κ2) is 12.0. The summed E-state index contributed by atoms with van der Waals surface area (Å²) in [7, 11) is 0. The molecule has 0 aliphatic rings. The fourth-order valence-corrected chi connectivity index (χ4v) is 4.11. The number of aromatic hydroxyl groups is 1. The Morgan fingerprint density at radius 3 is 2.06 bits per heavy atom. The van der Waals surface area contributed by atoms with Crippen molar-refractivity contribution in [2.75, 3.05) is 0 Å². The van der Waals surface area contributed by atoms with E-state index in [-0.39, 0.29) is 24.0 Å². The Morgan fingerprint density at radius 1 is 0.889 bits per heavy atom. The van der Waals surface area contributed by atoms with Crippen molar-refractivity contribution < 1.29 is 14.7 Å². The van der Waals surface area contributed by atoms with Gasteiger partial charge in [-0.3, -0.25) is 20.3 Å². The highest BCUT2D eigenvalue weighted by Gasteiger charge is 2.44. The maximum atomic E-state index is 13.3. The summed E-state index contributed by atoms with van der Waals surface area (Å²) in [5, 5.41) is 23.3. The summed E-state index contributed by atoms with van der Waals surface area (Å²) in [4.78, 5) is 26.2. The number of nitrogens with two attached hydrogens (primary N) is 2. The number of primary amides is 1. The number of rotatable bonds is 12. The quantitative estimate of drug-likeness (QED) is 0.171. The summed E-state index contributed by atoms with van der Waals surface area (Å²) in [6.07, 6.45) is 0.878. The lowest BCUT2D eigenvalue weighted by molar-refractivity contribution is -0.136. The van der Waals surface area contributed by atoms with Crippen LogP contribution in [0.1, 0.15) is 35.6 Å². The fourth-order valence-electron chi connectivity index (χ4n) is 4.11. The van der Waals surface area contributed by atoms with Gasteiger partial charge in [-0.2, -0.15) is 0 Å². The van der Waals surface area contributed by atoms with E-state index in [4.69, 9.17) is 16.9 Å².